The Balaban J connectivity index is 0.000000323. The van der Waals surface area contributed by atoms with Crippen LogP contribution in [-0.4, -0.2) is 23.9 Å². The molecule has 0 unspecified atom stereocenters. The van der Waals surface area contributed by atoms with Crippen LogP contribution in [0, 0.1) is 30.9 Å². The number of fused-ring (bicyclic) bond motifs is 6. The van der Waals surface area contributed by atoms with Crippen LogP contribution in [0.2, 0.25) is 19.6 Å². The Morgan fingerprint density at radius 1 is 0.923 bits per heavy atom. The summed E-state index contributed by atoms with van der Waals surface area (Å²) >= 11 is 1.77. The minimum atomic E-state index is -1.71. The number of aliphatic hydroxyl groups excluding tert-OH is 1. The van der Waals surface area contributed by atoms with Crippen molar-refractivity contribution in [3.05, 3.63) is 97.4 Å². The van der Waals surface area contributed by atoms with Gasteiger partial charge in [0.25, 0.3) is 0 Å². The van der Waals surface area contributed by atoms with E-state index in [1.807, 2.05) is 40.0 Å². The summed E-state index contributed by atoms with van der Waals surface area (Å²) in [5.74, 6) is 1.10. The molecule has 1 N–H and O–H groups in total. The summed E-state index contributed by atoms with van der Waals surface area (Å²) < 4.78 is 3.39. The quantitative estimate of drug-likeness (QED) is 0.0352. The zero-order valence-corrected chi connectivity index (χ0v) is 36.6. The molecule has 0 saturated heterocycles. The predicted octanol–water partition coefficient (Wildman–Crippen LogP) is 11.8. The topological polar surface area (TPSA) is 54.1 Å². The number of carbonyl (C=O) groups is 1. The van der Waals surface area contributed by atoms with Crippen molar-refractivity contribution in [2.24, 2.45) is 17.8 Å². The number of carbonyl (C=O) groups excluding carboxylic acids is 1. The van der Waals surface area contributed by atoms with Crippen molar-refractivity contribution in [3.63, 3.8) is 0 Å². The van der Waals surface area contributed by atoms with E-state index < -0.39 is 8.07 Å². The van der Waals surface area contributed by atoms with Gasteiger partial charge in [-0.05, 0) is 82.5 Å². The molecule has 3 heterocycles. The molecule has 3 aromatic carbocycles. The molecule has 0 aliphatic rings. The molecular formula is C45H55IrN2O2SSi-. The maximum atomic E-state index is 11.7. The van der Waals surface area contributed by atoms with E-state index in [1.165, 1.54) is 54.0 Å². The molecule has 6 aromatic rings. The summed E-state index contributed by atoms with van der Waals surface area (Å²) in [6, 6.07) is 26.1. The van der Waals surface area contributed by atoms with E-state index in [2.05, 4.69) is 106 Å². The van der Waals surface area contributed by atoms with Crippen molar-refractivity contribution in [2.45, 2.75) is 93.3 Å². The minimum absolute atomic E-state index is 0. The van der Waals surface area contributed by atoms with Gasteiger partial charge in [0.05, 0.1) is 13.8 Å². The van der Waals surface area contributed by atoms with E-state index in [0.29, 0.717) is 5.92 Å². The fraction of sp³-hybridized carbons (Fsp3) is 0.378. The smallest absolute Gasteiger partial charge is 0.162 e. The van der Waals surface area contributed by atoms with Crippen LogP contribution in [0.15, 0.2) is 78.7 Å². The van der Waals surface area contributed by atoms with Gasteiger partial charge in [0.2, 0.25) is 0 Å². The molecule has 0 atom stereocenters. The third-order valence-electron chi connectivity index (χ3n) is 10.1. The van der Waals surface area contributed by atoms with Crippen LogP contribution < -0.4 is 9.75 Å². The van der Waals surface area contributed by atoms with Gasteiger partial charge in [-0.1, -0.05) is 114 Å². The van der Waals surface area contributed by atoms with Gasteiger partial charge >= 0.3 is 0 Å². The van der Waals surface area contributed by atoms with E-state index in [0.717, 1.165) is 48.2 Å². The van der Waals surface area contributed by atoms with Gasteiger partial charge in [-0.3, -0.25) is 4.79 Å². The van der Waals surface area contributed by atoms with Gasteiger partial charge in [-0.2, -0.15) is 11.3 Å². The summed E-state index contributed by atoms with van der Waals surface area (Å²) in [7, 11) is 2.90. The van der Waals surface area contributed by atoms with Gasteiger partial charge in [-0.25, -0.2) is 4.98 Å². The molecule has 0 bridgehead atoms. The molecule has 0 aliphatic carbocycles. The summed E-state index contributed by atoms with van der Waals surface area (Å²) in [6.45, 7) is 20.0. The second kappa shape index (κ2) is 17.6. The van der Waals surface area contributed by atoms with Gasteiger partial charge in [0.1, 0.15) is 16.0 Å². The molecule has 0 fully saturated rings. The molecule has 52 heavy (non-hydrogen) atoms. The van der Waals surface area contributed by atoms with Crippen LogP contribution in [0.25, 0.3) is 53.2 Å². The van der Waals surface area contributed by atoms with Crippen LogP contribution >= 0.6 is 11.3 Å². The Morgan fingerprint density at radius 3 is 2.21 bits per heavy atom. The largest absolute Gasteiger partial charge is 0.512 e. The normalized spacial score (nSPS) is 12.3. The van der Waals surface area contributed by atoms with Crippen molar-refractivity contribution in [2.75, 3.05) is 0 Å². The Labute approximate surface area is 329 Å². The van der Waals surface area contributed by atoms with Gasteiger partial charge < -0.3 is 9.67 Å². The average Bonchev–Trinajstić information content (AvgIpc) is 3.47. The van der Waals surface area contributed by atoms with E-state index in [1.54, 1.807) is 11.3 Å². The molecule has 0 amide bonds. The Bertz CT molecular complexity index is 2210. The standard InChI is InChI=1S/C32H31N2SSi.C13H24O2.Ir/c1-20(2)16-21-17-25-24-12-9-15-33-32(24)35-31(25)26(18-21)28-19-29(36(4,5)6)30-23-11-8-7-10-22(23)13-14-27(30)34(28)3;1-5-10(6-2)12(14)9-13(15)11(7-3)8-4;/h7-15,17,19-20H,3,16H2,1-2,4-6H3;9-11,14H,5-8H2,1-4H3;/q-1;;/b;12-9-;. The van der Waals surface area contributed by atoms with Crippen LogP contribution in [0.1, 0.15) is 72.8 Å². The number of benzene rings is 3. The Morgan fingerprint density at radius 2 is 1.58 bits per heavy atom. The molecule has 6 rings (SSSR count). The maximum Gasteiger partial charge on any atom is 0.162 e. The zero-order chi connectivity index (χ0) is 37.0. The maximum absolute atomic E-state index is 11.7. The van der Waals surface area contributed by atoms with Gasteiger partial charge in [-0.15, -0.1) is 17.7 Å². The number of rotatable bonds is 11. The van der Waals surface area contributed by atoms with Crippen molar-refractivity contribution < 1.29 is 34.6 Å². The molecule has 7 heteroatoms. The molecule has 277 valence electrons. The fourth-order valence-corrected chi connectivity index (χ4v) is 9.91. The van der Waals surface area contributed by atoms with E-state index in [-0.39, 0.29) is 43.5 Å². The number of allylic oxidation sites excluding steroid dienone is 2. The molecule has 0 saturated carbocycles. The first-order valence-corrected chi connectivity index (χ1v) is 23.0. The zero-order valence-electron chi connectivity index (χ0n) is 32.4. The number of ketones is 1. The molecule has 0 aliphatic heterocycles. The molecule has 1 radical (unpaired) electrons. The number of thiophene rings is 1. The number of hydrogen-bond donors (Lipinski definition) is 1. The first-order chi connectivity index (χ1) is 24.3. The van der Waals surface area contributed by atoms with Crippen molar-refractivity contribution >= 4 is 72.4 Å². The first-order valence-electron chi connectivity index (χ1n) is 18.7. The molecule has 4 nitrogen and oxygen atoms in total. The van der Waals surface area contributed by atoms with Gasteiger partial charge in [0, 0.05) is 51.3 Å². The van der Waals surface area contributed by atoms with Crippen LogP contribution in [0.5, 0.6) is 0 Å². The van der Waals surface area contributed by atoms with Gasteiger partial charge in [0.15, 0.2) is 5.78 Å². The van der Waals surface area contributed by atoms with Crippen molar-refractivity contribution in [3.8, 4) is 11.3 Å². The van der Waals surface area contributed by atoms with Crippen molar-refractivity contribution in [1.29, 1.82) is 0 Å². The third-order valence-corrected chi connectivity index (χ3v) is 13.3. The summed E-state index contributed by atoms with van der Waals surface area (Å²) in [6.07, 6.45) is 7.79. The number of aromatic nitrogens is 2. The minimum Gasteiger partial charge on any atom is -0.512 e. The van der Waals surface area contributed by atoms with E-state index >= 15 is 0 Å². The third kappa shape index (κ3) is 8.71. The molecule has 0 spiro atoms. The number of pyridine rings is 2. The molecule has 3 aromatic heterocycles. The van der Waals surface area contributed by atoms with E-state index in [9.17, 15) is 9.90 Å². The monoisotopic (exact) mass is 908 g/mol. The average molecular weight is 908 g/mol. The summed E-state index contributed by atoms with van der Waals surface area (Å²) in [4.78, 5) is 17.5. The van der Waals surface area contributed by atoms with Crippen molar-refractivity contribution in [1.82, 2.24) is 4.98 Å². The second-order valence-electron chi connectivity index (χ2n) is 15.3. The van der Waals surface area contributed by atoms with Crippen LogP contribution in [0.4, 0.5) is 0 Å². The second-order valence-corrected chi connectivity index (χ2v) is 21.3. The SMILES string of the molecule is CCC(CC)C(=O)/C=C(\O)C(CC)CC.[CH2-][n+]1c(-c2[c-]c(CC(C)C)cc3c2sc2ncccc23)cc([Si](C)(C)C)c2c3ccccc3ccc21.[Ir]. The van der Waals surface area contributed by atoms with Crippen LogP contribution in [-0.2, 0) is 31.3 Å². The Hall–Kier alpha value is -3.35. The molecular weight excluding hydrogens is 853 g/mol. The van der Waals surface area contributed by atoms with E-state index in [4.69, 9.17) is 4.98 Å². The van der Waals surface area contributed by atoms with Crippen LogP contribution in [0.3, 0.4) is 0 Å². The number of hydrogen-bond acceptors (Lipinski definition) is 4. The fourth-order valence-electron chi connectivity index (χ4n) is 7.20. The number of nitrogens with zero attached hydrogens (tertiary/aromatic N) is 2. The first kappa shape index (κ1) is 41.4. The summed E-state index contributed by atoms with van der Waals surface area (Å²) in [5.41, 5.74) is 4.72. The summed E-state index contributed by atoms with van der Waals surface area (Å²) in [5, 5.41) is 17.7. The predicted molar refractivity (Wildman–Crippen MR) is 223 cm³/mol. The number of aliphatic hydroxyl groups is 1. The Kier molecular flexibility index (Phi) is 14.1.